The van der Waals surface area contributed by atoms with E-state index >= 15 is 0 Å². The van der Waals surface area contributed by atoms with E-state index < -0.39 is 36.4 Å². The zero-order valence-corrected chi connectivity index (χ0v) is 42.9. The second kappa shape index (κ2) is 32.5. The maximum Gasteiger partial charge on any atom is 0.327 e. The van der Waals surface area contributed by atoms with Gasteiger partial charge in [-0.1, -0.05) is 118 Å². The van der Waals surface area contributed by atoms with Crippen LogP contribution >= 0.6 is 23.5 Å². The molecule has 0 saturated heterocycles. The van der Waals surface area contributed by atoms with Crippen LogP contribution in [0.2, 0.25) is 0 Å². The molecule has 0 unspecified atom stereocenters. The molecule has 368 valence electrons. The Hall–Kier alpha value is -5.27. The van der Waals surface area contributed by atoms with Crippen LogP contribution in [0.5, 0.6) is 0 Å². The highest BCUT2D eigenvalue weighted by molar-refractivity contribution is 7.99. The number of carboxylic acid groups (broad SMARTS) is 1. The first-order valence-corrected chi connectivity index (χ1v) is 25.9. The monoisotopic (exact) mass is 965 g/mol. The Morgan fingerprint density at radius 1 is 0.588 bits per heavy atom. The minimum atomic E-state index is -1.67. The third-order valence-electron chi connectivity index (χ3n) is 11.0. The number of thioether (sulfide) groups is 2. The number of aliphatic hydroxyl groups excluding tert-OH is 1. The number of anilines is 3. The molecule has 10 nitrogen and oxygen atoms in total. The van der Waals surface area contributed by atoms with Gasteiger partial charge in [0, 0.05) is 28.7 Å². The summed E-state index contributed by atoms with van der Waals surface area (Å²) in [6.45, 7) is 14.9. The summed E-state index contributed by atoms with van der Waals surface area (Å²) in [7, 11) is 0. The quantitative estimate of drug-likeness (QED) is 0.0229. The average Bonchev–Trinajstić information content (AvgIpc) is 3.29. The molecule has 0 fully saturated rings. The molecular formula is C56H76N4O6S2. The highest BCUT2D eigenvalue weighted by Crippen LogP contribution is 2.28. The van der Waals surface area contributed by atoms with E-state index in [4.69, 9.17) is 0 Å². The molecule has 4 amide bonds. The summed E-state index contributed by atoms with van der Waals surface area (Å²) in [4.78, 5) is 40.2. The Bertz CT molecular complexity index is 2200. The number of aliphatic hydroxyl groups is 2. The highest BCUT2D eigenvalue weighted by atomic mass is 32.2. The Balaban J connectivity index is 1.48. The van der Waals surface area contributed by atoms with E-state index in [1.807, 2.05) is 72.8 Å². The number of nitrogens with one attached hydrogen (secondary N) is 3. The van der Waals surface area contributed by atoms with E-state index in [-0.39, 0.29) is 5.75 Å². The molecule has 0 saturated carbocycles. The molecule has 3 aromatic carbocycles. The first-order valence-electron chi connectivity index (χ1n) is 23.6. The van der Waals surface area contributed by atoms with E-state index in [1.54, 1.807) is 17.0 Å². The van der Waals surface area contributed by atoms with Crippen LogP contribution in [-0.4, -0.2) is 74.7 Å². The number of allylic oxidation sites excluding steroid dienone is 10. The molecule has 68 heavy (non-hydrogen) atoms. The lowest BCUT2D eigenvalue weighted by atomic mass is 10.0. The number of amides is 4. The van der Waals surface area contributed by atoms with Gasteiger partial charge in [-0.2, -0.15) is 23.5 Å². The minimum absolute atomic E-state index is 0.241. The van der Waals surface area contributed by atoms with Gasteiger partial charge in [-0.15, -0.1) is 0 Å². The van der Waals surface area contributed by atoms with Crippen molar-refractivity contribution >= 4 is 58.6 Å². The molecule has 0 aliphatic carbocycles. The van der Waals surface area contributed by atoms with E-state index in [9.17, 15) is 29.7 Å². The van der Waals surface area contributed by atoms with Gasteiger partial charge in [0.15, 0.2) is 6.29 Å². The van der Waals surface area contributed by atoms with Crippen molar-refractivity contribution in [3.05, 3.63) is 160 Å². The SMILES string of the molecule is CC(C)=CCC/C(C)=C/CC/C(C)=C/CSC[C@H](NC(=O)N(c1ccccc1)c1cccc(C/C(C)=C/CC/C(C)=C/CC/C(C)=C/CSC[C@H](NC(=O)Nc2ccccc2)C(O)O)c1)C(=O)O. The van der Waals surface area contributed by atoms with Gasteiger partial charge in [0.25, 0.3) is 0 Å². The largest absolute Gasteiger partial charge is 0.480 e. The molecule has 0 spiro atoms. The molecule has 0 aliphatic heterocycles. The van der Waals surface area contributed by atoms with Gasteiger partial charge < -0.3 is 31.3 Å². The maximum absolute atomic E-state index is 14.0. The van der Waals surface area contributed by atoms with Crippen LogP contribution < -0.4 is 20.9 Å². The van der Waals surface area contributed by atoms with Crippen molar-refractivity contribution in [3.8, 4) is 0 Å². The van der Waals surface area contributed by atoms with Crippen molar-refractivity contribution in [1.29, 1.82) is 0 Å². The molecule has 0 aromatic heterocycles. The molecule has 12 heteroatoms. The third-order valence-corrected chi connectivity index (χ3v) is 13.0. The van der Waals surface area contributed by atoms with E-state index in [0.717, 1.165) is 56.9 Å². The zero-order chi connectivity index (χ0) is 49.7. The standard InChI is InChI=1S/C56H76N4O6S2/c1-41(2)19-14-20-42(3)21-15-24-45(6)34-36-68-40-52(54(63)64)59-56(66)60(49-30-12-9-13-31-49)50-32-18-27-47(38-50)37-46(7)26-17-23-43(4)22-16-25-44(5)33-35-67-39-51(53(61)62)58-55(65)57-48-28-10-8-11-29-48/h8-13,18-19,21-22,26-34,38,51-53,61-62H,14-17,20,23-25,35-37,39-40H2,1-7H3,(H,59,66)(H,63,64)(H2,57,58,65)/b42-21+,43-22+,44-33+,45-34+,46-26+/t51-,52-/m0/s1. The van der Waals surface area contributed by atoms with Crippen LogP contribution in [0.15, 0.2) is 155 Å². The van der Waals surface area contributed by atoms with E-state index in [2.05, 4.69) is 101 Å². The Morgan fingerprint density at radius 3 is 1.63 bits per heavy atom. The second-order valence-corrected chi connectivity index (χ2v) is 19.8. The van der Waals surface area contributed by atoms with Gasteiger partial charge in [-0.25, -0.2) is 14.4 Å². The van der Waals surface area contributed by atoms with Gasteiger partial charge in [0.1, 0.15) is 6.04 Å². The van der Waals surface area contributed by atoms with Crippen LogP contribution in [0, 0.1) is 0 Å². The van der Waals surface area contributed by atoms with E-state index in [0.29, 0.717) is 40.7 Å². The lowest BCUT2D eigenvalue weighted by molar-refractivity contribution is -0.138. The number of hydrogen-bond donors (Lipinski definition) is 6. The molecule has 0 heterocycles. The number of aliphatic carboxylic acids is 1. The molecule has 2 atom stereocenters. The van der Waals surface area contributed by atoms with Gasteiger partial charge in [-0.05, 0) is 148 Å². The molecule has 3 aromatic rings. The Labute approximate surface area is 415 Å². The predicted molar refractivity (Wildman–Crippen MR) is 289 cm³/mol. The summed E-state index contributed by atoms with van der Waals surface area (Å²) in [6.07, 6.45) is 20.3. The molecule has 0 radical (unpaired) electrons. The molecule has 6 N–H and O–H groups in total. The fourth-order valence-corrected chi connectivity index (χ4v) is 9.07. The Morgan fingerprint density at radius 2 is 1.09 bits per heavy atom. The van der Waals surface area contributed by atoms with Crippen LogP contribution in [-0.2, 0) is 11.2 Å². The van der Waals surface area contributed by atoms with Gasteiger partial charge in [-0.3, -0.25) is 4.90 Å². The molecule has 0 aliphatic rings. The summed E-state index contributed by atoms with van der Waals surface area (Å²) < 4.78 is 0. The second-order valence-electron chi connectivity index (χ2n) is 17.6. The summed E-state index contributed by atoms with van der Waals surface area (Å²) in [6, 6.07) is 23.3. The number of carbonyl (C=O) groups is 3. The highest BCUT2D eigenvalue weighted by Gasteiger charge is 2.25. The third kappa shape index (κ3) is 24.1. The molecule has 0 bridgehead atoms. The number of hydrogen-bond acceptors (Lipinski definition) is 7. The lowest BCUT2D eigenvalue weighted by Gasteiger charge is -2.26. The van der Waals surface area contributed by atoms with Crippen molar-refractivity contribution in [3.63, 3.8) is 0 Å². The summed E-state index contributed by atoms with van der Waals surface area (Å²) in [5.41, 5.74) is 10.8. The fraction of sp³-hybridized carbons (Fsp3) is 0.411. The summed E-state index contributed by atoms with van der Waals surface area (Å²) in [5.74, 6) is 0.893. The lowest BCUT2D eigenvalue weighted by Crippen LogP contribution is -2.48. The van der Waals surface area contributed by atoms with Crippen molar-refractivity contribution in [2.45, 2.75) is 125 Å². The predicted octanol–water partition coefficient (Wildman–Crippen LogP) is 13.3. The fourth-order valence-electron chi connectivity index (χ4n) is 7.03. The topological polar surface area (TPSA) is 151 Å². The van der Waals surface area contributed by atoms with Crippen LogP contribution in [0.3, 0.4) is 0 Å². The first-order chi connectivity index (χ1) is 32.6. The number of urea groups is 2. The maximum atomic E-state index is 14.0. The number of carboxylic acids is 1. The van der Waals surface area contributed by atoms with Crippen LogP contribution in [0.4, 0.5) is 26.7 Å². The van der Waals surface area contributed by atoms with Crippen LogP contribution in [0.25, 0.3) is 0 Å². The number of rotatable bonds is 29. The number of carbonyl (C=O) groups excluding carboxylic acids is 2. The smallest absolute Gasteiger partial charge is 0.327 e. The number of nitrogens with zero attached hydrogens (tertiary/aromatic N) is 1. The Kier molecular flexibility index (Phi) is 27.2. The van der Waals surface area contributed by atoms with Crippen molar-refractivity contribution < 1.29 is 29.7 Å². The summed E-state index contributed by atoms with van der Waals surface area (Å²) in [5, 5.41) is 37.9. The van der Waals surface area contributed by atoms with Crippen molar-refractivity contribution in [1.82, 2.24) is 10.6 Å². The van der Waals surface area contributed by atoms with Crippen molar-refractivity contribution in [2.75, 3.05) is 33.2 Å². The van der Waals surface area contributed by atoms with Gasteiger partial charge >= 0.3 is 18.0 Å². The minimum Gasteiger partial charge on any atom is -0.480 e. The average molecular weight is 965 g/mol. The molecule has 3 rings (SSSR count). The first kappa shape index (κ1) is 57.1. The number of para-hydroxylation sites is 2. The van der Waals surface area contributed by atoms with Crippen LogP contribution in [0.1, 0.15) is 105 Å². The zero-order valence-electron chi connectivity index (χ0n) is 41.3. The van der Waals surface area contributed by atoms with E-state index in [1.165, 1.54) is 57.0 Å². The van der Waals surface area contributed by atoms with Gasteiger partial charge in [0.2, 0.25) is 0 Å². The molecular weight excluding hydrogens is 889 g/mol. The normalized spacial score (nSPS) is 13.5. The summed E-state index contributed by atoms with van der Waals surface area (Å²) >= 11 is 3.02. The van der Waals surface area contributed by atoms with Gasteiger partial charge in [0.05, 0.1) is 17.4 Å². The van der Waals surface area contributed by atoms with Crippen molar-refractivity contribution in [2.24, 2.45) is 0 Å². The number of benzene rings is 3.